The van der Waals surface area contributed by atoms with Crippen LogP contribution in [-0.4, -0.2) is 36.6 Å². The van der Waals surface area contributed by atoms with Gasteiger partial charge in [0.1, 0.15) is 0 Å². The van der Waals surface area contributed by atoms with E-state index in [4.69, 9.17) is 0 Å². The first-order valence-electron chi connectivity index (χ1n) is 6.85. The molecule has 1 rings (SSSR count). The predicted molar refractivity (Wildman–Crippen MR) is 71.8 cm³/mol. The number of likely N-dealkylation sites (tertiary alicyclic amines) is 1. The van der Waals surface area contributed by atoms with E-state index in [0.717, 1.165) is 12.5 Å². The maximum Gasteiger partial charge on any atom is 0.00938 e. The van der Waals surface area contributed by atoms with Crippen molar-refractivity contribution in [2.24, 2.45) is 0 Å². The second-order valence-electron chi connectivity index (χ2n) is 5.05. The first kappa shape index (κ1) is 13.7. The van der Waals surface area contributed by atoms with Crippen molar-refractivity contribution >= 4 is 0 Å². The zero-order valence-electron chi connectivity index (χ0n) is 11.0. The van der Waals surface area contributed by atoms with Crippen LogP contribution in [0.3, 0.4) is 0 Å². The summed E-state index contributed by atoms with van der Waals surface area (Å²) < 4.78 is 0. The fraction of sp³-hybridized carbons (Fsp3) is 0.857. The number of hydrogen-bond acceptors (Lipinski definition) is 2. The lowest BCUT2D eigenvalue weighted by molar-refractivity contribution is 0.191. The normalized spacial score (nSPS) is 20.9. The van der Waals surface area contributed by atoms with Crippen molar-refractivity contribution in [1.29, 1.82) is 0 Å². The lowest BCUT2D eigenvalue weighted by atomic mass is 10.0. The molecule has 1 aliphatic heterocycles. The van der Waals surface area contributed by atoms with Gasteiger partial charge in [-0.1, -0.05) is 13.0 Å². The van der Waals surface area contributed by atoms with Gasteiger partial charge >= 0.3 is 0 Å². The number of nitrogens with one attached hydrogen (secondary N) is 1. The molecule has 0 aromatic heterocycles. The van der Waals surface area contributed by atoms with E-state index in [9.17, 15) is 0 Å². The van der Waals surface area contributed by atoms with Gasteiger partial charge in [-0.25, -0.2) is 0 Å². The van der Waals surface area contributed by atoms with Crippen molar-refractivity contribution in [3.8, 4) is 0 Å². The summed E-state index contributed by atoms with van der Waals surface area (Å²) in [7, 11) is 0. The Balaban J connectivity index is 2.13. The molecule has 0 saturated carbocycles. The highest BCUT2D eigenvalue weighted by molar-refractivity contribution is 4.80. The van der Waals surface area contributed by atoms with E-state index in [1.165, 1.54) is 45.3 Å². The van der Waals surface area contributed by atoms with E-state index in [-0.39, 0.29) is 0 Å². The topological polar surface area (TPSA) is 15.3 Å². The minimum Gasteiger partial charge on any atom is -0.311 e. The molecule has 1 fully saturated rings. The highest BCUT2D eigenvalue weighted by atomic mass is 15.1. The summed E-state index contributed by atoms with van der Waals surface area (Å²) in [6.07, 6.45) is 8.29. The molecule has 0 aromatic carbocycles. The third kappa shape index (κ3) is 5.13. The third-order valence-electron chi connectivity index (χ3n) is 3.45. The van der Waals surface area contributed by atoms with Crippen LogP contribution in [0.5, 0.6) is 0 Å². The molecule has 94 valence electrons. The van der Waals surface area contributed by atoms with Crippen LogP contribution in [0.2, 0.25) is 0 Å². The number of nitrogens with zero attached hydrogens (tertiary/aromatic N) is 1. The lowest BCUT2D eigenvalue weighted by Gasteiger charge is -2.33. The zero-order valence-corrected chi connectivity index (χ0v) is 11.0. The smallest absolute Gasteiger partial charge is 0.00938 e. The first-order valence-corrected chi connectivity index (χ1v) is 6.85. The fourth-order valence-electron chi connectivity index (χ4n) is 2.49. The van der Waals surface area contributed by atoms with E-state index < -0.39 is 0 Å². The summed E-state index contributed by atoms with van der Waals surface area (Å²) in [5.74, 6) is 0. The summed E-state index contributed by atoms with van der Waals surface area (Å²) in [5, 5.41) is 3.74. The number of piperidine rings is 1. The highest BCUT2D eigenvalue weighted by Gasteiger charge is 2.19. The van der Waals surface area contributed by atoms with Crippen LogP contribution in [0, 0.1) is 0 Å². The Hall–Kier alpha value is -0.340. The van der Waals surface area contributed by atoms with Crippen molar-refractivity contribution < 1.29 is 0 Å². The molecule has 0 radical (unpaired) electrons. The van der Waals surface area contributed by atoms with E-state index in [1.54, 1.807) is 0 Å². The number of allylic oxidation sites excluding steroid dienone is 1. The Morgan fingerprint density at radius 1 is 1.44 bits per heavy atom. The third-order valence-corrected chi connectivity index (χ3v) is 3.45. The lowest BCUT2D eigenvalue weighted by Crippen LogP contribution is -2.45. The minimum absolute atomic E-state index is 0.640. The summed E-state index contributed by atoms with van der Waals surface area (Å²) in [4.78, 5) is 2.59. The molecule has 1 atom stereocenters. The summed E-state index contributed by atoms with van der Waals surface area (Å²) in [6, 6.07) is 1.38. The largest absolute Gasteiger partial charge is 0.311 e. The quantitative estimate of drug-likeness (QED) is 0.669. The van der Waals surface area contributed by atoms with Gasteiger partial charge in [-0.3, -0.25) is 0 Å². The van der Waals surface area contributed by atoms with Crippen molar-refractivity contribution in [2.45, 2.75) is 58.0 Å². The molecule has 1 saturated heterocycles. The maximum atomic E-state index is 3.78. The van der Waals surface area contributed by atoms with Gasteiger partial charge in [-0.2, -0.15) is 0 Å². The number of rotatable bonds is 7. The second-order valence-corrected chi connectivity index (χ2v) is 5.05. The minimum atomic E-state index is 0.640. The van der Waals surface area contributed by atoms with Crippen LogP contribution in [0.25, 0.3) is 0 Å². The van der Waals surface area contributed by atoms with Crippen molar-refractivity contribution in [2.75, 3.05) is 19.6 Å². The Morgan fingerprint density at radius 3 is 2.69 bits per heavy atom. The summed E-state index contributed by atoms with van der Waals surface area (Å²) >= 11 is 0. The molecule has 1 heterocycles. The molecule has 0 aromatic rings. The van der Waals surface area contributed by atoms with Gasteiger partial charge in [0.25, 0.3) is 0 Å². The van der Waals surface area contributed by atoms with E-state index in [2.05, 4.69) is 30.6 Å². The monoisotopic (exact) mass is 224 g/mol. The molecular weight excluding hydrogens is 196 g/mol. The van der Waals surface area contributed by atoms with Gasteiger partial charge in [0.15, 0.2) is 0 Å². The first-order chi connectivity index (χ1) is 7.76. The van der Waals surface area contributed by atoms with Gasteiger partial charge in [0.05, 0.1) is 0 Å². The zero-order chi connectivity index (χ0) is 11.8. The van der Waals surface area contributed by atoms with Crippen LogP contribution >= 0.6 is 0 Å². The molecule has 2 heteroatoms. The van der Waals surface area contributed by atoms with Gasteiger partial charge in [-0.15, -0.1) is 6.58 Å². The average Bonchev–Trinajstić information content (AvgIpc) is 2.29. The van der Waals surface area contributed by atoms with Crippen LogP contribution in [0.4, 0.5) is 0 Å². The molecule has 0 aliphatic carbocycles. The Bertz CT molecular complexity index is 183. The van der Waals surface area contributed by atoms with Gasteiger partial charge < -0.3 is 10.2 Å². The Labute approximate surface area is 101 Å². The molecule has 0 amide bonds. The predicted octanol–water partition coefficient (Wildman–Crippen LogP) is 2.81. The van der Waals surface area contributed by atoms with Crippen LogP contribution in [-0.2, 0) is 0 Å². The standard InChI is InChI=1S/C14H28N2/c1-4-6-7-13(3)15-14-8-11-16(10-5-2)12-9-14/h4,13-15H,1,5-12H2,2-3H3. The van der Waals surface area contributed by atoms with E-state index >= 15 is 0 Å². The molecule has 1 aliphatic rings. The molecule has 0 bridgehead atoms. The SMILES string of the molecule is C=CCCC(C)NC1CCN(CCC)CC1. The highest BCUT2D eigenvalue weighted by Crippen LogP contribution is 2.12. The fourth-order valence-corrected chi connectivity index (χ4v) is 2.49. The van der Waals surface area contributed by atoms with Crippen LogP contribution in [0.15, 0.2) is 12.7 Å². The molecular formula is C14H28N2. The van der Waals surface area contributed by atoms with Crippen molar-refractivity contribution in [1.82, 2.24) is 10.2 Å². The summed E-state index contributed by atoms with van der Waals surface area (Å²) in [5.41, 5.74) is 0. The molecule has 1 N–H and O–H groups in total. The van der Waals surface area contributed by atoms with E-state index in [0.29, 0.717) is 6.04 Å². The van der Waals surface area contributed by atoms with Crippen LogP contribution < -0.4 is 5.32 Å². The molecule has 16 heavy (non-hydrogen) atoms. The molecule has 0 spiro atoms. The van der Waals surface area contributed by atoms with Gasteiger partial charge in [-0.05, 0) is 58.7 Å². The molecule has 2 nitrogen and oxygen atoms in total. The van der Waals surface area contributed by atoms with Crippen molar-refractivity contribution in [3.05, 3.63) is 12.7 Å². The van der Waals surface area contributed by atoms with E-state index in [1.807, 2.05) is 6.08 Å². The Kier molecular flexibility index (Phi) is 6.74. The van der Waals surface area contributed by atoms with Gasteiger partial charge in [0, 0.05) is 12.1 Å². The van der Waals surface area contributed by atoms with Crippen molar-refractivity contribution in [3.63, 3.8) is 0 Å². The molecule has 1 unspecified atom stereocenters. The second kappa shape index (κ2) is 7.86. The maximum absolute atomic E-state index is 3.78. The summed E-state index contributed by atoms with van der Waals surface area (Å²) in [6.45, 7) is 12.2. The van der Waals surface area contributed by atoms with Crippen LogP contribution in [0.1, 0.15) is 46.0 Å². The number of hydrogen-bond donors (Lipinski definition) is 1. The van der Waals surface area contributed by atoms with Gasteiger partial charge in [0.2, 0.25) is 0 Å². The average molecular weight is 224 g/mol. The Morgan fingerprint density at radius 2 is 2.12 bits per heavy atom.